The molecule has 0 atom stereocenters. The number of nitrogens with zero attached hydrogens (tertiary/aromatic N) is 1. The zero-order valence-corrected chi connectivity index (χ0v) is 10.9. The fraction of sp³-hybridized carbons (Fsp3) is 0.0769. The van der Waals surface area contributed by atoms with Gasteiger partial charge in [-0.15, -0.1) is 12.4 Å². The first-order valence-electron chi connectivity index (χ1n) is 5.38. The van der Waals surface area contributed by atoms with Crippen LogP contribution in [0.4, 0.5) is 5.69 Å². The molecule has 3 rings (SSSR count). The Bertz CT molecular complexity index is 670. The molecule has 0 unspecified atom stereocenters. The van der Waals surface area contributed by atoms with Gasteiger partial charge in [-0.3, -0.25) is 0 Å². The SMILES string of the molecule is COC(=O)c1cc2cc3c(cc2cn1)OC=CN3.Cl. The van der Waals surface area contributed by atoms with Crippen molar-refractivity contribution < 1.29 is 14.3 Å². The number of esters is 1. The number of rotatable bonds is 1. The molecular weight excluding hydrogens is 268 g/mol. The van der Waals surface area contributed by atoms with Crippen LogP contribution in [0.25, 0.3) is 10.8 Å². The Morgan fingerprint density at radius 2 is 2.16 bits per heavy atom. The van der Waals surface area contributed by atoms with Gasteiger partial charge in [-0.2, -0.15) is 0 Å². The summed E-state index contributed by atoms with van der Waals surface area (Å²) in [6.45, 7) is 0. The molecule has 0 amide bonds. The number of pyridine rings is 1. The van der Waals surface area contributed by atoms with Gasteiger partial charge in [0.05, 0.1) is 12.8 Å². The number of carbonyl (C=O) groups is 1. The molecule has 0 saturated heterocycles. The Kier molecular flexibility index (Phi) is 3.57. The van der Waals surface area contributed by atoms with Crippen molar-refractivity contribution in [2.75, 3.05) is 12.4 Å². The van der Waals surface area contributed by atoms with E-state index in [4.69, 9.17) is 4.74 Å². The molecule has 2 heterocycles. The first-order valence-corrected chi connectivity index (χ1v) is 5.38. The topological polar surface area (TPSA) is 60.5 Å². The van der Waals surface area contributed by atoms with Gasteiger partial charge in [0.2, 0.25) is 0 Å². The molecule has 1 aromatic carbocycles. The van der Waals surface area contributed by atoms with Gasteiger partial charge >= 0.3 is 5.97 Å². The number of halogens is 1. The molecule has 5 nitrogen and oxygen atoms in total. The third-order valence-corrected chi connectivity index (χ3v) is 2.72. The van der Waals surface area contributed by atoms with Gasteiger partial charge in [-0.1, -0.05) is 0 Å². The second-order valence-electron chi connectivity index (χ2n) is 3.82. The second kappa shape index (κ2) is 5.16. The van der Waals surface area contributed by atoms with E-state index in [9.17, 15) is 4.79 Å². The van der Waals surface area contributed by atoms with Gasteiger partial charge in [0, 0.05) is 17.8 Å². The molecule has 98 valence electrons. The van der Waals surface area contributed by atoms with Crippen molar-refractivity contribution in [1.82, 2.24) is 4.98 Å². The third-order valence-electron chi connectivity index (χ3n) is 2.72. The van der Waals surface area contributed by atoms with Crippen molar-refractivity contribution in [3.05, 3.63) is 42.6 Å². The minimum atomic E-state index is -0.446. The normalized spacial score (nSPS) is 11.8. The first-order chi connectivity index (χ1) is 8.78. The Balaban J connectivity index is 0.00000133. The average molecular weight is 279 g/mol. The Hall–Kier alpha value is -2.27. The lowest BCUT2D eigenvalue weighted by Crippen LogP contribution is -2.04. The molecule has 2 aromatic rings. The summed E-state index contributed by atoms with van der Waals surface area (Å²) in [7, 11) is 1.33. The van der Waals surface area contributed by atoms with Crippen molar-refractivity contribution in [3.8, 4) is 5.75 Å². The summed E-state index contributed by atoms with van der Waals surface area (Å²) < 4.78 is 10.0. The highest BCUT2D eigenvalue weighted by atomic mass is 35.5. The van der Waals surface area contributed by atoms with Crippen LogP contribution < -0.4 is 10.1 Å². The van der Waals surface area contributed by atoms with E-state index in [1.807, 2.05) is 12.1 Å². The zero-order chi connectivity index (χ0) is 12.5. The Morgan fingerprint density at radius 1 is 1.32 bits per heavy atom. The minimum Gasteiger partial charge on any atom is -0.464 e. The number of carbonyl (C=O) groups excluding carboxylic acids is 1. The van der Waals surface area contributed by atoms with Crippen molar-refractivity contribution in [1.29, 1.82) is 0 Å². The van der Waals surface area contributed by atoms with Crippen LogP contribution in [0.15, 0.2) is 36.9 Å². The Labute approximate surface area is 115 Å². The molecule has 0 aliphatic carbocycles. The number of ether oxygens (including phenoxy) is 2. The zero-order valence-electron chi connectivity index (χ0n) is 10.0. The average Bonchev–Trinajstić information content (AvgIpc) is 2.43. The summed E-state index contributed by atoms with van der Waals surface area (Å²) >= 11 is 0. The van der Waals surface area contributed by atoms with Crippen LogP contribution in [0, 0.1) is 0 Å². The van der Waals surface area contributed by atoms with E-state index in [2.05, 4.69) is 15.0 Å². The summed E-state index contributed by atoms with van der Waals surface area (Å²) in [5.74, 6) is 0.288. The quantitative estimate of drug-likeness (QED) is 0.813. The fourth-order valence-electron chi connectivity index (χ4n) is 1.83. The van der Waals surface area contributed by atoms with Crippen LogP contribution in [-0.4, -0.2) is 18.1 Å². The van der Waals surface area contributed by atoms with E-state index in [1.165, 1.54) is 7.11 Å². The minimum absolute atomic E-state index is 0. The molecule has 0 saturated carbocycles. The fourth-order valence-corrected chi connectivity index (χ4v) is 1.83. The molecule has 1 aliphatic rings. The van der Waals surface area contributed by atoms with Crippen LogP contribution in [0.1, 0.15) is 10.5 Å². The number of nitrogens with one attached hydrogen (secondary N) is 1. The van der Waals surface area contributed by atoms with Crippen molar-refractivity contribution in [3.63, 3.8) is 0 Å². The predicted octanol–water partition coefficient (Wildman–Crippen LogP) is 2.72. The smallest absolute Gasteiger partial charge is 0.356 e. The predicted molar refractivity (Wildman–Crippen MR) is 73.7 cm³/mol. The van der Waals surface area contributed by atoms with Gasteiger partial charge in [0.1, 0.15) is 12.0 Å². The van der Waals surface area contributed by atoms with Crippen LogP contribution in [0.5, 0.6) is 5.75 Å². The van der Waals surface area contributed by atoms with Gasteiger partial charge in [-0.05, 0) is 23.6 Å². The molecule has 19 heavy (non-hydrogen) atoms. The highest BCUT2D eigenvalue weighted by molar-refractivity contribution is 5.95. The molecule has 0 spiro atoms. The number of fused-ring (bicyclic) bond motifs is 2. The number of benzene rings is 1. The summed E-state index contributed by atoms with van der Waals surface area (Å²) in [5, 5.41) is 4.88. The van der Waals surface area contributed by atoms with E-state index in [1.54, 1.807) is 24.7 Å². The van der Waals surface area contributed by atoms with Crippen LogP contribution in [0.2, 0.25) is 0 Å². The highest BCUT2D eigenvalue weighted by Gasteiger charge is 2.11. The molecule has 1 N–H and O–H groups in total. The molecule has 6 heteroatoms. The molecule has 0 bridgehead atoms. The van der Waals surface area contributed by atoms with Crippen molar-refractivity contribution >= 4 is 34.8 Å². The number of anilines is 1. The van der Waals surface area contributed by atoms with E-state index >= 15 is 0 Å². The molecule has 0 radical (unpaired) electrons. The summed E-state index contributed by atoms with van der Waals surface area (Å²) in [6.07, 6.45) is 4.91. The lowest BCUT2D eigenvalue weighted by Gasteiger charge is -2.14. The van der Waals surface area contributed by atoms with Crippen LogP contribution in [-0.2, 0) is 4.74 Å². The number of aromatic nitrogens is 1. The monoisotopic (exact) mass is 278 g/mol. The molecule has 1 aliphatic heterocycles. The van der Waals surface area contributed by atoms with E-state index in [-0.39, 0.29) is 18.1 Å². The van der Waals surface area contributed by atoms with E-state index in [0.717, 1.165) is 22.2 Å². The molecule has 1 aromatic heterocycles. The third kappa shape index (κ3) is 2.32. The largest absolute Gasteiger partial charge is 0.464 e. The molecular formula is C13H11ClN2O3. The number of methoxy groups -OCH3 is 1. The van der Waals surface area contributed by atoms with Crippen molar-refractivity contribution in [2.24, 2.45) is 0 Å². The number of hydrogen-bond donors (Lipinski definition) is 1. The maximum atomic E-state index is 11.4. The second-order valence-corrected chi connectivity index (χ2v) is 3.82. The van der Waals surface area contributed by atoms with Gasteiger partial charge in [-0.25, -0.2) is 9.78 Å². The highest BCUT2D eigenvalue weighted by Crippen LogP contribution is 2.32. The maximum absolute atomic E-state index is 11.4. The van der Waals surface area contributed by atoms with Crippen LogP contribution in [0.3, 0.4) is 0 Å². The number of hydrogen-bond acceptors (Lipinski definition) is 5. The van der Waals surface area contributed by atoms with Gasteiger partial charge in [0.25, 0.3) is 0 Å². The van der Waals surface area contributed by atoms with Crippen molar-refractivity contribution in [2.45, 2.75) is 0 Å². The van der Waals surface area contributed by atoms with Crippen LogP contribution >= 0.6 is 12.4 Å². The summed E-state index contributed by atoms with van der Waals surface area (Å²) in [6, 6.07) is 5.47. The summed E-state index contributed by atoms with van der Waals surface area (Å²) in [5.41, 5.74) is 1.14. The lowest BCUT2D eigenvalue weighted by molar-refractivity contribution is 0.0594. The Morgan fingerprint density at radius 3 is 2.95 bits per heavy atom. The standard InChI is InChI=1S/C13H10N2O3.ClH/c1-17-13(16)11-5-8-4-10-12(18-3-2-14-10)6-9(8)7-15-11;/h2-7,14H,1H3;1H. The maximum Gasteiger partial charge on any atom is 0.356 e. The first kappa shape index (κ1) is 13.2. The molecule has 0 fully saturated rings. The lowest BCUT2D eigenvalue weighted by atomic mass is 10.1. The van der Waals surface area contributed by atoms with Gasteiger partial charge < -0.3 is 14.8 Å². The summed E-state index contributed by atoms with van der Waals surface area (Å²) in [4.78, 5) is 15.5. The van der Waals surface area contributed by atoms with Gasteiger partial charge in [0.15, 0.2) is 5.75 Å². The van der Waals surface area contributed by atoms with E-state index < -0.39 is 5.97 Å². The van der Waals surface area contributed by atoms with E-state index in [0.29, 0.717) is 0 Å².